The van der Waals surface area contributed by atoms with E-state index in [9.17, 15) is 14.4 Å². The van der Waals surface area contributed by atoms with Crippen molar-refractivity contribution in [3.05, 3.63) is 77.6 Å². The molecule has 4 N–H and O–H groups in total. The summed E-state index contributed by atoms with van der Waals surface area (Å²) in [7, 11) is 3.05. The zero-order valence-corrected chi connectivity index (χ0v) is 25.3. The highest BCUT2D eigenvalue weighted by molar-refractivity contribution is 6.07. The van der Waals surface area contributed by atoms with E-state index in [1.807, 2.05) is 11.0 Å². The molecule has 0 atom stereocenters. The second-order valence-electron chi connectivity index (χ2n) is 11.2. The van der Waals surface area contributed by atoms with E-state index in [1.54, 1.807) is 54.9 Å². The number of methoxy groups -OCH3 is 2. The van der Waals surface area contributed by atoms with Gasteiger partial charge in [0, 0.05) is 67.3 Å². The van der Waals surface area contributed by atoms with Gasteiger partial charge in [0.1, 0.15) is 0 Å². The number of benzene rings is 2. The minimum absolute atomic E-state index is 0.0353. The fourth-order valence-electron chi connectivity index (χ4n) is 5.80. The third-order valence-electron chi connectivity index (χ3n) is 8.31. The number of hydrogen-bond acceptors (Lipinski definition) is 8. The molecule has 2 aromatic carbocycles. The van der Waals surface area contributed by atoms with Gasteiger partial charge in [0.2, 0.25) is 0 Å². The van der Waals surface area contributed by atoms with Crippen molar-refractivity contribution in [2.24, 2.45) is 5.73 Å². The van der Waals surface area contributed by atoms with Crippen molar-refractivity contribution in [3.63, 3.8) is 0 Å². The molecule has 3 aromatic rings. The molecule has 1 saturated heterocycles. The maximum absolute atomic E-state index is 13.5. The van der Waals surface area contributed by atoms with E-state index in [1.165, 1.54) is 14.2 Å². The van der Waals surface area contributed by atoms with Crippen molar-refractivity contribution in [2.45, 2.75) is 44.2 Å². The van der Waals surface area contributed by atoms with Crippen LogP contribution < -0.4 is 30.7 Å². The first kappa shape index (κ1) is 30.8. The average molecular weight is 601 g/mol. The Kier molecular flexibility index (Phi) is 9.96. The summed E-state index contributed by atoms with van der Waals surface area (Å²) in [5, 5.41) is 6.18. The molecular formula is C33H40N6O5. The molecule has 0 bridgehead atoms. The lowest BCUT2D eigenvalue weighted by Crippen LogP contribution is -2.40. The molecule has 232 valence electrons. The number of nitrogens with two attached hydrogens (primary N) is 1. The molecule has 44 heavy (non-hydrogen) atoms. The first-order valence-electron chi connectivity index (χ1n) is 15.0. The summed E-state index contributed by atoms with van der Waals surface area (Å²) in [6, 6.07) is 14.0. The topological polar surface area (TPSA) is 139 Å². The van der Waals surface area contributed by atoms with Crippen molar-refractivity contribution in [3.8, 4) is 11.5 Å². The maximum Gasteiger partial charge on any atom is 0.255 e. The normalized spacial score (nSPS) is 18.6. The van der Waals surface area contributed by atoms with Crippen LogP contribution in [0.2, 0.25) is 0 Å². The minimum atomic E-state index is -0.352. The van der Waals surface area contributed by atoms with Gasteiger partial charge in [-0.15, -0.1) is 0 Å². The molecular weight excluding hydrogens is 560 g/mol. The number of ether oxygens (including phenoxy) is 2. The number of nitrogens with one attached hydrogen (secondary N) is 2. The second kappa shape index (κ2) is 14.2. The molecule has 3 amide bonds. The number of pyridine rings is 1. The first-order chi connectivity index (χ1) is 21.4. The van der Waals surface area contributed by atoms with Crippen LogP contribution in [0.1, 0.15) is 63.2 Å². The highest BCUT2D eigenvalue weighted by Crippen LogP contribution is 2.31. The number of carbonyl (C=O) groups excluding carboxylic acids is 3. The molecule has 2 fully saturated rings. The van der Waals surface area contributed by atoms with Crippen LogP contribution in [-0.4, -0.2) is 80.1 Å². The van der Waals surface area contributed by atoms with Crippen molar-refractivity contribution < 1.29 is 23.9 Å². The Bertz CT molecular complexity index is 1470. The summed E-state index contributed by atoms with van der Waals surface area (Å²) < 4.78 is 10.7. The minimum Gasteiger partial charge on any atom is -0.493 e. The van der Waals surface area contributed by atoms with E-state index in [4.69, 9.17) is 15.2 Å². The Labute approximate surface area is 257 Å². The van der Waals surface area contributed by atoms with Gasteiger partial charge in [-0.1, -0.05) is 0 Å². The zero-order valence-electron chi connectivity index (χ0n) is 25.3. The molecule has 2 aliphatic rings. The van der Waals surface area contributed by atoms with Gasteiger partial charge in [-0.3, -0.25) is 19.4 Å². The van der Waals surface area contributed by atoms with Gasteiger partial charge < -0.3 is 35.6 Å². The number of amides is 3. The molecule has 1 aromatic heterocycles. The molecule has 11 heteroatoms. The van der Waals surface area contributed by atoms with Crippen molar-refractivity contribution in [1.29, 1.82) is 0 Å². The largest absolute Gasteiger partial charge is 0.493 e. The molecule has 0 spiro atoms. The highest BCUT2D eigenvalue weighted by Gasteiger charge is 2.25. The van der Waals surface area contributed by atoms with E-state index in [-0.39, 0.29) is 29.8 Å². The monoisotopic (exact) mass is 600 g/mol. The Morgan fingerprint density at radius 3 is 2.23 bits per heavy atom. The van der Waals surface area contributed by atoms with Gasteiger partial charge in [-0.25, -0.2) is 0 Å². The maximum atomic E-state index is 13.5. The number of rotatable bonds is 8. The second-order valence-corrected chi connectivity index (χ2v) is 11.2. The number of aromatic nitrogens is 1. The van der Waals surface area contributed by atoms with E-state index >= 15 is 0 Å². The Balaban J connectivity index is 1.38. The summed E-state index contributed by atoms with van der Waals surface area (Å²) in [6.45, 7) is 2.35. The number of hydrogen-bond donors (Lipinski definition) is 3. The third kappa shape index (κ3) is 7.28. The average Bonchev–Trinajstić information content (AvgIpc) is 3.31. The molecule has 11 nitrogen and oxygen atoms in total. The predicted molar refractivity (Wildman–Crippen MR) is 169 cm³/mol. The molecule has 1 aliphatic heterocycles. The van der Waals surface area contributed by atoms with E-state index in [0.717, 1.165) is 37.8 Å². The van der Waals surface area contributed by atoms with Crippen LogP contribution in [0.15, 0.2) is 60.9 Å². The zero-order chi connectivity index (χ0) is 31.1. The Hall–Kier alpha value is -4.64. The molecule has 0 unspecified atom stereocenters. The Morgan fingerprint density at radius 1 is 0.795 bits per heavy atom. The molecule has 0 radical (unpaired) electrons. The third-order valence-corrected chi connectivity index (χ3v) is 8.31. The summed E-state index contributed by atoms with van der Waals surface area (Å²) in [5.74, 6) is 0.376. The summed E-state index contributed by atoms with van der Waals surface area (Å²) in [6.07, 6.45) is 7.42. The van der Waals surface area contributed by atoms with Crippen LogP contribution in [0.5, 0.6) is 11.5 Å². The van der Waals surface area contributed by atoms with Gasteiger partial charge >= 0.3 is 0 Å². The summed E-state index contributed by atoms with van der Waals surface area (Å²) >= 11 is 0. The van der Waals surface area contributed by atoms with E-state index in [2.05, 4.69) is 20.5 Å². The van der Waals surface area contributed by atoms with Gasteiger partial charge in [-0.05, 0) is 80.6 Å². The number of nitrogens with zero attached hydrogens (tertiary/aromatic N) is 3. The standard InChI is InChI=1S/C33H40N6O5/c1-43-29-11-5-24(21-30(29)44-2)32(41)37-27-20-23(31(40)36-26-8-6-25(34)7-9-26)4-10-28(27)38-16-3-17-39(19-18-38)33(42)22-12-14-35-15-13-22/h4-5,10-15,20-21,25-26H,3,6-9,16-19,34H2,1-2H3,(H,36,40)(H,37,41). The van der Waals surface area contributed by atoms with Crippen LogP contribution >= 0.6 is 0 Å². The van der Waals surface area contributed by atoms with Gasteiger partial charge in [0.05, 0.1) is 25.6 Å². The number of anilines is 2. The van der Waals surface area contributed by atoms with E-state index < -0.39 is 0 Å². The van der Waals surface area contributed by atoms with Crippen LogP contribution in [0.4, 0.5) is 11.4 Å². The fourth-order valence-corrected chi connectivity index (χ4v) is 5.80. The van der Waals surface area contributed by atoms with Gasteiger partial charge in [-0.2, -0.15) is 0 Å². The highest BCUT2D eigenvalue weighted by atomic mass is 16.5. The van der Waals surface area contributed by atoms with Gasteiger partial charge in [0.15, 0.2) is 11.5 Å². The SMILES string of the molecule is COc1ccc(C(=O)Nc2cc(C(=O)NC3CCC(N)CC3)ccc2N2CCCN(C(=O)c3ccncc3)CC2)cc1OC. The predicted octanol–water partition coefficient (Wildman–Crippen LogP) is 3.70. The first-order valence-corrected chi connectivity index (χ1v) is 15.0. The van der Waals surface area contributed by atoms with Gasteiger partial charge in [0.25, 0.3) is 17.7 Å². The van der Waals surface area contributed by atoms with Crippen LogP contribution in [0, 0.1) is 0 Å². The number of carbonyl (C=O) groups is 3. The van der Waals surface area contributed by atoms with Crippen LogP contribution in [-0.2, 0) is 0 Å². The lowest BCUT2D eigenvalue weighted by molar-refractivity contribution is 0.0766. The summed E-state index contributed by atoms with van der Waals surface area (Å²) in [4.78, 5) is 47.9. The Morgan fingerprint density at radius 2 is 1.50 bits per heavy atom. The lowest BCUT2D eigenvalue weighted by atomic mass is 9.91. The molecule has 1 saturated carbocycles. The van der Waals surface area contributed by atoms with Crippen molar-refractivity contribution in [1.82, 2.24) is 15.2 Å². The molecule has 2 heterocycles. The smallest absolute Gasteiger partial charge is 0.255 e. The quantitative estimate of drug-likeness (QED) is 0.356. The lowest BCUT2D eigenvalue weighted by Gasteiger charge is -2.28. The van der Waals surface area contributed by atoms with Crippen molar-refractivity contribution >= 4 is 29.1 Å². The molecule has 1 aliphatic carbocycles. The van der Waals surface area contributed by atoms with Crippen LogP contribution in [0.25, 0.3) is 0 Å². The van der Waals surface area contributed by atoms with Crippen LogP contribution in [0.3, 0.4) is 0 Å². The summed E-state index contributed by atoms with van der Waals surface area (Å²) in [5.41, 5.74) is 8.77. The molecule has 5 rings (SSSR count). The van der Waals surface area contributed by atoms with Crippen molar-refractivity contribution in [2.75, 3.05) is 50.6 Å². The van der Waals surface area contributed by atoms with E-state index in [0.29, 0.717) is 60.1 Å². The fraction of sp³-hybridized carbons (Fsp3) is 0.394.